The summed E-state index contributed by atoms with van der Waals surface area (Å²) in [6.07, 6.45) is 4.69. The Kier molecular flexibility index (Phi) is 7.60. The van der Waals surface area contributed by atoms with Gasteiger partial charge in [0.1, 0.15) is 0 Å². The fraction of sp³-hybridized carbons (Fsp3) is 0.444. The Hall–Kier alpha value is -2.90. The van der Waals surface area contributed by atoms with Crippen molar-refractivity contribution in [1.29, 1.82) is 0 Å². The maximum atomic E-state index is 5.38. The van der Waals surface area contributed by atoms with E-state index in [0.29, 0.717) is 23.8 Å². The van der Waals surface area contributed by atoms with Crippen molar-refractivity contribution in [3.05, 3.63) is 36.2 Å². The first-order chi connectivity index (χ1) is 12.7. The topological polar surface area (TPSA) is 81.9 Å². The van der Waals surface area contributed by atoms with Crippen LogP contribution in [0.2, 0.25) is 0 Å². The maximum absolute atomic E-state index is 5.38. The van der Waals surface area contributed by atoms with Gasteiger partial charge in [-0.15, -0.1) is 0 Å². The Morgan fingerprint density at radius 1 is 1.12 bits per heavy atom. The summed E-state index contributed by atoms with van der Waals surface area (Å²) in [5.41, 5.74) is 0.999. The number of aryl methyl sites for hydroxylation is 1. The predicted molar refractivity (Wildman–Crippen MR) is 101 cm³/mol. The lowest BCUT2D eigenvalue weighted by molar-refractivity contribution is 0.323. The number of nitrogens with one attached hydrogen (secondary N) is 2. The normalized spacial score (nSPS) is 11.2. The molecule has 0 radical (unpaired) electrons. The van der Waals surface area contributed by atoms with E-state index in [0.717, 1.165) is 31.0 Å². The average Bonchev–Trinajstić information content (AvgIpc) is 3.19. The molecule has 0 saturated heterocycles. The molecular weight excluding hydrogens is 334 g/mol. The molecule has 0 bridgehead atoms. The highest BCUT2D eigenvalue weighted by Crippen LogP contribution is 2.38. The monoisotopic (exact) mass is 361 g/mol. The molecule has 1 aromatic carbocycles. The number of hydrogen-bond acceptors (Lipinski definition) is 5. The Bertz CT molecular complexity index is 676. The molecule has 2 N–H and O–H groups in total. The number of ether oxygens (including phenoxy) is 3. The second kappa shape index (κ2) is 10.2. The minimum absolute atomic E-state index is 0.579. The molecule has 0 amide bonds. The molecule has 2 rings (SSSR count). The highest BCUT2D eigenvalue weighted by Gasteiger charge is 2.13. The van der Waals surface area contributed by atoms with Crippen LogP contribution < -0.4 is 24.8 Å². The van der Waals surface area contributed by atoms with Gasteiger partial charge >= 0.3 is 0 Å². The lowest BCUT2D eigenvalue weighted by atomic mass is 10.2. The molecule has 0 atom stereocenters. The van der Waals surface area contributed by atoms with Crippen molar-refractivity contribution < 1.29 is 14.2 Å². The lowest BCUT2D eigenvalue weighted by Gasteiger charge is -2.16. The molecule has 0 saturated carbocycles. The van der Waals surface area contributed by atoms with Crippen molar-refractivity contribution >= 4 is 5.96 Å². The molecule has 0 unspecified atom stereocenters. The van der Waals surface area contributed by atoms with Crippen molar-refractivity contribution in [3.8, 4) is 17.2 Å². The third-order valence-electron chi connectivity index (χ3n) is 3.82. The van der Waals surface area contributed by atoms with Gasteiger partial charge in [0.05, 0.1) is 21.3 Å². The first kappa shape index (κ1) is 19.4. The van der Waals surface area contributed by atoms with Crippen molar-refractivity contribution in [2.24, 2.45) is 4.99 Å². The number of methoxy groups -OCH3 is 3. The van der Waals surface area contributed by atoms with E-state index in [9.17, 15) is 0 Å². The molecular formula is C18H27N5O3. The summed E-state index contributed by atoms with van der Waals surface area (Å²) >= 11 is 0. The summed E-state index contributed by atoms with van der Waals surface area (Å²) in [5.74, 6) is 2.58. The van der Waals surface area contributed by atoms with Gasteiger partial charge in [0.25, 0.3) is 0 Å². The van der Waals surface area contributed by atoms with E-state index in [1.165, 1.54) is 0 Å². The number of guanidine groups is 1. The van der Waals surface area contributed by atoms with Crippen LogP contribution in [-0.2, 0) is 13.1 Å². The van der Waals surface area contributed by atoms with Crippen LogP contribution in [0, 0.1) is 0 Å². The first-order valence-corrected chi connectivity index (χ1v) is 8.42. The molecule has 8 nitrogen and oxygen atoms in total. The number of nitrogens with zero attached hydrogens (tertiary/aromatic N) is 3. The molecule has 2 aromatic rings. The van der Waals surface area contributed by atoms with E-state index < -0.39 is 0 Å². The number of rotatable bonds is 9. The Morgan fingerprint density at radius 3 is 2.38 bits per heavy atom. The molecule has 0 spiro atoms. The summed E-state index contributed by atoms with van der Waals surface area (Å²) < 4.78 is 18.0. The highest BCUT2D eigenvalue weighted by atomic mass is 16.5. The van der Waals surface area contributed by atoms with E-state index in [2.05, 4.69) is 20.7 Å². The molecule has 0 aliphatic heterocycles. The lowest BCUT2D eigenvalue weighted by Crippen LogP contribution is -2.37. The van der Waals surface area contributed by atoms with Crippen LogP contribution in [0.15, 0.2) is 35.6 Å². The van der Waals surface area contributed by atoms with Crippen LogP contribution in [0.4, 0.5) is 0 Å². The van der Waals surface area contributed by atoms with E-state index in [1.807, 2.05) is 29.1 Å². The van der Waals surface area contributed by atoms with Crippen molar-refractivity contribution in [3.63, 3.8) is 0 Å². The Morgan fingerprint density at radius 2 is 1.85 bits per heavy atom. The standard InChI is InChI=1S/C18H27N5O3/c1-19-18(20-7-5-9-23-10-6-8-22-23)21-13-14-11-15(24-2)17(26-4)16(12-14)25-3/h6,8,10-12H,5,7,9,13H2,1-4H3,(H2,19,20,21). The van der Waals surface area contributed by atoms with Gasteiger partial charge in [0, 0.05) is 39.1 Å². The fourth-order valence-electron chi connectivity index (χ4n) is 2.52. The molecule has 142 valence electrons. The third-order valence-corrected chi connectivity index (χ3v) is 3.82. The highest BCUT2D eigenvalue weighted by molar-refractivity contribution is 5.79. The summed E-state index contributed by atoms with van der Waals surface area (Å²) in [6.45, 7) is 2.24. The molecule has 0 fully saturated rings. The van der Waals surface area contributed by atoms with E-state index in [1.54, 1.807) is 34.6 Å². The number of aliphatic imine (C=N–C) groups is 1. The van der Waals surface area contributed by atoms with E-state index in [-0.39, 0.29) is 0 Å². The maximum Gasteiger partial charge on any atom is 0.203 e. The van der Waals surface area contributed by atoms with Crippen LogP contribution >= 0.6 is 0 Å². The van der Waals surface area contributed by atoms with Gasteiger partial charge in [-0.3, -0.25) is 9.67 Å². The quantitative estimate of drug-likeness (QED) is 0.402. The minimum atomic E-state index is 0.579. The summed E-state index contributed by atoms with van der Waals surface area (Å²) in [5, 5.41) is 10.8. The second-order valence-corrected chi connectivity index (χ2v) is 5.51. The van der Waals surface area contributed by atoms with Crippen molar-refractivity contribution in [2.75, 3.05) is 34.9 Å². The molecule has 1 heterocycles. The minimum Gasteiger partial charge on any atom is -0.493 e. The molecule has 8 heteroatoms. The molecule has 26 heavy (non-hydrogen) atoms. The van der Waals surface area contributed by atoms with Crippen molar-refractivity contribution in [1.82, 2.24) is 20.4 Å². The van der Waals surface area contributed by atoms with Crippen LogP contribution in [0.1, 0.15) is 12.0 Å². The molecule has 0 aliphatic carbocycles. The SMILES string of the molecule is CN=C(NCCCn1cccn1)NCc1cc(OC)c(OC)c(OC)c1. The van der Waals surface area contributed by atoms with Gasteiger partial charge < -0.3 is 24.8 Å². The van der Waals surface area contributed by atoms with Crippen LogP contribution in [0.5, 0.6) is 17.2 Å². The fourth-order valence-corrected chi connectivity index (χ4v) is 2.52. The van der Waals surface area contributed by atoms with Gasteiger partial charge in [-0.1, -0.05) is 0 Å². The zero-order valence-corrected chi connectivity index (χ0v) is 15.8. The Balaban J connectivity index is 1.87. The average molecular weight is 361 g/mol. The van der Waals surface area contributed by atoms with Gasteiger partial charge in [0.15, 0.2) is 17.5 Å². The van der Waals surface area contributed by atoms with Gasteiger partial charge in [0.2, 0.25) is 5.75 Å². The van der Waals surface area contributed by atoms with E-state index in [4.69, 9.17) is 14.2 Å². The van der Waals surface area contributed by atoms with Crippen LogP contribution in [0.3, 0.4) is 0 Å². The van der Waals surface area contributed by atoms with Crippen LogP contribution in [-0.4, -0.2) is 50.7 Å². The number of benzene rings is 1. The number of aromatic nitrogens is 2. The van der Waals surface area contributed by atoms with Gasteiger partial charge in [-0.2, -0.15) is 5.10 Å². The van der Waals surface area contributed by atoms with Crippen LogP contribution in [0.25, 0.3) is 0 Å². The largest absolute Gasteiger partial charge is 0.493 e. The smallest absolute Gasteiger partial charge is 0.203 e. The molecule has 1 aromatic heterocycles. The van der Waals surface area contributed by atoms with Gasteiger partial charge in [-0.05, 0) is 30.2 Å². The summed E-state index contributed by atoms with van der Waals surface area (Å²) in [4.78, 5) is 4.24. The zero-order valence-electron chi connectivity index (χ0n) is 15.8. The summed E-state index contributed by atoms with van der Waals surface area (Å²) in [7, 11) is 6.55. The van der Waals surface area contributed by atoms with E-state index >= 15 is 0 Å². The third kappa shape index (κ3) is 5.30. The van der Waals surface area contributed by atoms with Crippen molar-refractivity contribution in [2.45, 2.75) is 19.5 Å². The Labute approximate surface area is 154 Å². The molecule has 0 aliphatic rings. The summed E-state index contributed by atoms with van der Waals surface area (Å²) in [6, 6.07) is 5.75. The van der Waals surface area contributed by atoms with Gasteiger partial charge in [-0.25, -0.2) is 0 Å². The zero-order chi connectivity index (χ0) is 18.8. The second-order valence-electron chi connectivity index (χ2n) is 5.51. The predicted octanol–water partition coefficient (Wildman–Crippen LogP) is 1.66. The number of hydrogen-bond donors (Lipinski definition) is 2. The first-order valence-electron chi connectivity index (χ1n) is 8.42.